The number of nitrogens with one attached hydrogen (secondary N) is 1. The van der Waals surface area contributed by atoms with Crippen molar-refractivity contribution in [1.82, 2.24) is 5.01 Å². The third kappa shape index (κ3) is 4.78. The van der Waals surface area contributed by atoms with Crippen LogP contribution in [0.2, 0.25) is 0 Å². The van der Waals surface area contributed by atoms with Gasteiger partial charge >= 0.3 is 0 Å². The van der Waals surface area contributed by atoms with E-state index in [1.807, 2.05) is 17.5 Å². The number of benzene rings is 2. The number of carbonyl (C=O) groups is 1. The smallest absolute Gasteiger partial charge is 0.274 e. The number of hydrogen-bond donors (Lipinski definition) is 1. The van der Waals surface area contributed by atoms with Crippen molar-refractivity contribution < 1.29 is 17.9 Å². The normalized spacial score (nSPS) is 16.1. The molecular formula is C22H21N3O4S2. The molecule has 7 nitrogen and oxygen atoms in total. The molecule has 0 saturated heterocycles. The molecule has 1 aliphatic heterocycles. The Morgan fingerprint density at radius 1 is 1.16 bits per heavy atom. The van der Waals surface area contributed by atoms with Crippen LogP contribution in [0.4, 0.5) is 5.69 Å². The van der Waals surface area contributed by atoms with Gasteiger partial charge in [-0.15, -0.1) is 11.3 Å². The molecule has 0 spiro atoms. The molecule has 1 aromatic heterocycles. The molecule has 0 aliphatic carbocycles. The lowest BCUT2D eigenvalue weighted by atomic mass is 10.0. The van der Waals surface area contributed by atoms with Gasteiger partial charge in [0.2, 0.25) is 10.0 Å². The first-order valence-electron chi connectivity index (χ1n) is 9.51. The van der Waals surface area contributed by atoms with Crippen LogP contribution in [0, 0.1) is 0 Å². The third-order valence-corrected chi connectivity index (χ3v) is 6.41. The van der Waals surface area contributed by atoms with E-state index in [2.05, 4.69) is 9.82 Å². The average Bonchev–Trinajstić information content (AvgIpc) is 3.42. The number of anilines is 1. The maximum atomic E-state index is 13.3. The number of amides is 1. The minimum atomic E-state index is -3.35. The van der Waals surface area contributed by atoms with Crippen molar-refractivity contribution in [2.45, 2.75) is 12.5 Å². The molecule has 1 amide bonds. The largest absolute Gasteiger partial charge is 0.497 e. The SMILES string of the molecule is COc1cccc(C(=O)N2N=C(c3ccc(NS(C)(=O)=O)cc3)CC2c2cccs2)c1. The molecule has 1 unspecified atom stereocenters. The molecule has 0 fully saturated rings. The van der Waals surface area contributed by atoms with Gasteiger partial charge in [0, 0.05) is 22.5 Å². The van der Waals surface area contributed by atoms with Gasteiger partial charge in [0.15, 0.2) is 0 Å². The lowest BCUT2D eigenvalue weighted by Crippen LogP contribution is -2.26. The summed E-state index contributed by atoms with van der Waals surface area (Å²) in [5.41, 5.74) is 2.57. The Kier molecular flexibility index (Phi) is 5.79. The van der Waals surface area contributed by atoms with Crippen molar-refractivity contribution in [3.05, 3.63) is 82.0 Å². The van der Waals surface area contributed by atoms with Gasteiger partial charge < -0.3 is 4.74 Å². The fraction of sp³-hybridized carbons (Fsp3) is 0.182. The van der Waals surface area contributed by atoms with Crippen LogP contribution in [0.25, 0.3) is 0 Å². The van der Waals surface area contributed by atoms with Crippen LogP contribution in [0.1, 0.15) is 33.3 Å². The van der Waals surface area contributed by atoms with E-state index in [1.165, 1.54) is 5.01 Å². The van der Waals surface area contributed by atoms with Crippen molar-refractivity contribution >= 4 is 38.7 Å². The van der Waals surface area contributed by atoms with Crippen LogP contribution >= 0.6 is 11.3 Å². The van der Waals surface area contributed by atoms with E-state index in [0.717, 1.165) is 22.4 Å². The summed E-state index contributed by atoms with van der Waals surface area (Å²) in [7, 11) is -1.78. The lowest BCUT2D eigenvalue weighted by molar-refractivity contribution is 0.0713. The zero-order valence-corrected chi connectivity index (χ0v) is 18.6. The number of hydrogen-bond acceptors (Lipinski definition) is 6. The molecule has 1 atom stereocenters. The van der Waals surface area contributed by atoms with Crippen LogP contribution in [0.5, 0.6) is 5.75 Å². The summed E-state index contributed by atoms with van der Waals surface area (Å²) in [6.07, 6.45) is 1.67. The highest BCUT2D eigenvalue weighted by atomic mass is 32.2. The minimum Gasteiger partial charge on any atom is -0.497 e. The summed E-state index contributed by atoms with van der Waals surface area (Å²) >= 11 is 1.58. The highest BCUT2D eigenvalue weighted by Gasteiger charge is 2.34. The van der Waals surface area contributed by atoms with E-state index >= 15 is 0 Å². The zero-order valence-electron chi connectivity index (χ0n) is 17.0. The second-order valence-electron chi connectivity index (χ2n) is 7.12. The Morgan fingerprint density at radius 3 is 2.58 bits per heavy atom. The summed E-state index contributed by atoms with van der Waals surface area (Å²) in [6, 6.07) is 17.7. The highest BCUT2D eigenvalue weighted by Crippen LogP contribution is 2.36. The van der Waals surface area contributed by atoms with Crippen LogP contribution in [0.15, 0.2) is 71.1 Å². The molecule has 9 heteroatoms. The van der Waals surface area contributed by atoms with Gasteiger partial charge in [-0.25, -0.2) is 13.4 Å². The number of hydrazone groups is 1. The lowest BCUT2D eigenvalue weighted by Gasteiger charge is -2.20. The molecule has 3 aromatic rings. The number of thiophene rings is 1. The molecule has 31 heavy (non-hydrogen) atoms. The molecule has 1 N–H and O–H groups in total. The monoisotopic (exact) mass is 455 g/mol. The number of methoxy groups -OCH3 is 1. The molecule has 0 radical (unpaired) electrons. The zero-order chi connectivity index (χ0) is 22.0. The molecule has 160 valence electrons. The Balaban J connectivity index is 1.65. The maximum Gasteiger partial charge on any atom is 0.274 e. The molecular weight excluding hydrogens is 434 g/mol. The van der Waals surface area contributed by atoms with E-state index in [0.29, 0.717) is 23.4 Å². The Morgan fingerprint density at radius 2 is 1.94 bits per heavy atom. The van der Waals surface area contributed by atoms with E-state index in [-0.39, 0.29) is 11.9 Å². The van der Waals surface area contributed by atoms with Crippen LogP contribution in [-0.2, 0) is 10.0 Å². The fourth-order valence-electron chi connectivity index (χ4n) is 3.41. The van der Waals surface area contributed by atoms with Crippen LogP contribution < -0.4 is 9.46 Å². The first kappa shape index (κ1) is 21.1. The third-order valence-electron chi connectivity index (χ3n) is 4.83. The van der Waals surface area contributed by atoms with Crippen molar-refractivity contribution in [2.75, 3.05) is 18.1 Å². The Bertz CT molecular complexity index is 1220. The summed E-state index contributed by atoms with van der Waals surface area (Å²) in [6.45, 7) is 0. The Labute approximate surface area is 185 Å². The van der Waals surface area contributed by atoms with Crippen LogP contribution in [0.3, 0.4) is 0 Å². The fourth-order valence-corrected chi connectivity index (χ4v) is 4.78. The van der Waals surface area contributed by atoms with Crippen molar-refractivity contribution in [2.24, 2.45) is 5.10 Å². The standard InChI is InChI=1S/C22H21N3O4S2/c1-29-18-6-3-5-16(13-18)22(26)25-20(21-7-4-12-30-21)14-19(23-25)15-8-10-17(11-9-15)24-31(2,27)28/h3-13,20,24H,14H2,1-2H3. The van der Waals surface area contributed by atoms with E-state index in [9.17, 15) is 13.2 Å². The van der Waals surface area contributed by atoms with Gasteiger partial charge in [-0.05, 0) is 47.3 Å². The molecule has 1 aliphatic rings. The predicted molar refractivity (Wildman–Crippen MR) is 122 cm³/mol. The van der Waals surface area contributed by atoms with Crippen molar-refractivity contribution in [3.63, 3.8) is 0 Å². The highest BCUT2D eigenvalue weighted by molar-refractivity contribution is 7.92. The van der Waals surface area contributed by atoms with Gasteiger partial charge in [-0.3, -0.25) is 9.52 Å². The number of rotatable bonds is 6. The maximum absolute atomic E-state index is 13.3. The van der Waals surface area contributed by atoms with E-state index < -0.39 is 10.0 Å². The van der Waals surface area contributed by atoms with Gasteiger partial charge in [0.1, 0.15) is 5.75 Å². The number of carbonyl (C=O) groups excluding carboxylic acids is 1. The summed E-state index contributed by atoms with van der Waals surface area (Å²) < 4.78 is 30.6. The molecule has 4 rings (SSSR count). The van der Waals surface area contributed by atoms with Gasteiger partial charge in [0.25, 0.3) is 5.91 Å². The van der Waals surface area contributed by atoms with Crippen molar-refractivity contribution in [3.8, 4) is 5.75 Å². The van der Waals surface area contributed by atoms with Gasteiger partial charge in [-0.2, -0.15) is 5.10 Å². The second-order valence-corrected chi connectivity index (χ2v) is 9.84. The first-order chi connectivity index (χ1) is 14.8. The number of sulfonamides is 1. The molecule has 0 saturated carbocycles. The van der Waals surface area contributed by atoms with E-state index in [1.54, 1.807) is 67.0 Å². The summed E-state index contributed by atoms with van der Waals surface area (Å²) in [5, 5.41) is 8.17. The number of nitrogens with zero attached hydrogens (tertiary/aromatic N) is 2. The first-order valence-corrected chi connectivity index (χ1v) is 12.3. The summed E-state index contributed by atoms with van der Waals surface area (Å²) in [5.74, 6) is 0.401. The number of ether oxygens (including phenoxy) is 1. The van der Waals surface area contributed by atoms with Crippen molar-refractivity contribution in [1.29, 1.82) is 0 Å². The van der Waals surface area contributed by atoms with Gasteiger partial charge in [0.05, 0.1) is 25.1 Å². The average molecular weight is 456 g/mol. The summed E-state index contributed by atoms with van der Waals surface area (Å²) in [4.78, 5) is 14.3. The minimum absolute atomic E-state index is 0.206. The van der Waals surface area contributed by atoms with E-state index in [4.69, 9.17) is 4.74 Å². The Hall–Kier alpha value is -3.17. The molecule has 0 bridgehead atoms. The quantitative estimate of drug-likeness (QED) is 0.606. The predicted octanol–water partition coefficient (Wildman–Crippen LogP) is 4.12. The molecule has 2 heterocycles. The topological polar surface area (TPSA) is 88.1 Å². The second kappa shape index (κ2) is 8.52. The van der Waals surface area contributed by atoms with Crippen LogP contribution in [-0.4, -0.2) is 38.4 Å². The molecule has 2 aromatic carbocycles. The van der Waals surface area contributed by atoms with Gasteiger partial charge in [-0.1, -0.05) is 24.3 Å².